The van der Waals surface area contributed by atoms with Crippen molar-refractivity contribution >= 4 is 15.9 Å². The lowest BCUT2D eigenvalue weighted by atomic mass is 10.3. The van der Waals surface area contributed by atoms with Gasteiger partial charge in [0, 0.05) is 17.2 Å². The van der Waals surface area contributed by atoms with Crippen molar-refractivity contribution in [1.82, 2.24) is 14.9 Å². The van der Waals surface area contributed by atoms with E-state index in [9.17, 15) is 8.78 Å². The molecule has 1 heterocycles. The standard InChI is InChI=1S/C12H12BrF2N3/c1-2-16-5-9-6-18(7-17-9)12-10(14)3-8(13)4-11(12)15/h3-4,6-7,16H,2,5H2,1H3. The summed E-state index contributed by atoms with van der Waals surface area (Å²) in [4.78, 5) is 4.09. The number of halogens is 3. The molecule has 0 atom stereocenters. The molecule has 18 heavy (non-hydrogen) atoms. The first-order valence-electron chi connectivity index (χ1n) is 5.50. The molecule has 1 aromatic heterocycles. The Morgan fingerprint density at radius 3 is 2.61 bits per heavy atom. The summed E-state index contributed by atoms with van der Waals surface area (Å²) in [5.41, 5.74) is 0.618. The Labute approximate surface area is 112 Å². The van der Waals surface area contributed by atoms with E-state index in [1.165, 1.54) is 23.0 Å². The van der Waals surface area contributed by atoms with E-state index in [0.717, 1.165) is 12.2 Å². The normalized spacial score (nSPS) is 10.9. The highest BCUT2D eigenvalue weighted by molar-refractivity contribution is 9.10. The van der Waals surface area contributed by atoms with E-state index >= 15 is 0 Å². The summed E-state index contributed by atoms with van der Waals surface area (Å²) >= 11 is 3.04. The predicted octanol–water partition coefficient (Wildman–Crippen LogP) is 3.02. The zero-order valence-electron chi connectivity index (χ0n) is 9.75. The van der Waals surface area contributed by atoms with Crippen molar-refractivity contribution in [1.29, 1.82) is 0 Å². The maximum absolute atomic E-state index is 13.7. The van der Waals surface area contributed by atoms with Crippen molar-refractivity contribution < 1.29 is 8.78 Å². The fourth-order valence-electron chi connectivity index (χ4n) is 1.61. The maximum Gasteiger partial charge on any atom is 0.151 e. The van der Waals surface area contributed by atoms with Gasteiger partial charge < -0.3 is 9.88 Å². The van der Waals surface area contributed by atoms with Crippen LogP contribution in [0.2, 0.25) is 0 Å². The number of rotatable bonds is 4. The van der Waals surface area contributed by atoms with Crippen molar-refractivity contribution in [3.8, 4) is 5.69 Å². The Hall–Kier alpha value is -1.27. The van der Waals surface area contributed by atoms with Gasteiger partial charge in [0.25, 0.3) is 0 Å². The highest BCUT2D eigenvalue weighted by Gasteiger charge is 2.13. The third kappa shape index (κ3) is 2.76. The summed E-state index contributed by atoms with van der Waals surface area (Å²) in [6, 6.07) is 2.45. The minimum atomic E-state index is -0.630. The van der Waals surface area contributed by atoms with Crippen molar-refractivity contribution in [2.75, 3.05) is 6.54 Å². The summed E-state index contributed by atoms with van der Waals surface area (Å²) in [6.45, 7) is 3.36. The molecule has 1 N–H and O–H groups in total. The molecule has 6 heteroatoms. The molecule has 0 saturated heterocycles. The molecule has 0 aliphatic heterocycles. The van der Waals surface area contributed by atoms with Crippen LogP contribution in [0.3, 0.4) is 0 Å². The van der Waals surface area contributed by atoms with E-state index in [1.54, 1.807) is 6.20 Å². The first kappa shape index (κ1) is 13.2. The van der Waals surface area contributed by atoms with E-state index in [2.05, 4.69) is 26.2 Å². The predicted molar refractivity (Wildman–Crippen MR) is 68.6 cm³/mol. The van der Waals surface area contributed by atoms with Crippen LogP contribution in [0, 0.1) is 11.6 Å². The molecule has 3 nitrogen and oxygen atoms in total. The molecule has 0 spiro atoms. The van der Waals surface area contributed by atoms with Crippen LogP contribution in [0.15, 0.2) is 29.1 Å². The molecule has 0 aliphatic carbocycles. The van der Waals surface area contributed by atoms with E-state index in [-0.39, 0.29) is 5.69 Å². The topological polar surface area (TPSA) is 29.9 Å². The zero-order valence-corrected chi connectivity index (χ0v) is 11.3. The molecular formula is C12H12BrF2N3. The summed E-state index contributed by atoms with van der Waals surface area (Å²) in [5, 5.41) is 3.10. The molecule has 2 rings (SSSR count). The lowest BCUT2D eigenvalue weighted by molar-refractivity contribution is 0.567. The van der Waals surface area contributed by atoms with Crippen LogP contribution in [-0.4, -0.2) is 16.1 Å². The maximum atomic E-state index is 13.7. The number of aromatic nitrogens is 2. The van der Waals surface area contributed by atoms with Gasteiger partial charge in [0.1, 0.15) is 5.69 Å². The van der Waals surface area contributed by atoms with Gasteiger partial charge >= 0.3 is 0 Å². The minimum Gasteiger partial charge on any atom is -0.311 e. The second-order valence-corrected chi connectivity index (χ2v) is 4.69. The first-order valence-corrected chi connectivity index (χ1v) is 6.29. The van der Waals surface area contributed by atoms with Crippen LogP contribution in [-0.2, 0) is 6.54 Å². The fourth-order valence-corrected chi connectivity index (χ4v) is 2.01. The number of nitrogens with zero attached hydrogens (tertiary/aromatic N) is 2. The largest absolute Gasteiger partial charge is 0.311 e. The Morgan fingerprint density at radius 1 is 1.33 bits per heavy atom. The second kappa shape index (κ2) is 5.58. The molecule has 0 bridgehead atoms. The Kier molecular flexibility index (Phi) is 4.08. The SMILES string of the molecule is CCNCc1cn(-c2c(F)cc(Br)cc2F)cn1. The molecule has 0 radical (unpaired) electrons. The number of hydrogen-bond donors (Lipinski definition) is 1. The number of hydrogen-bond acceptors (Lipinski definition) is 2. The van der Waals surface area contributed by atoms with Gasteiger partial charge in [-0.2, -0.15) is 0 Å². The van der Waals surface area contributed by atoms with E-state index < -0.39 is 11.6 Å². The summed E-state index contributed by atoms with van der Waals surface area (Å²) in [5.74, 6) is -1.26. The van der Waals surface area contributed by atoms with Crippen molar-refractivity contribution in [3.63, 3.8) is 0 Å². The molecule has 0 aliphatic rings. The molecule has 0 saturated carbocycles. The van der Waals surface area contributed by atoms with Gasteiger partial charge in [0.2, 0.25) is 0 Å². The highest BCUT2D eigenvalue weighted by Crippen LogP contribution is 2.22. The molecule has 0 amide bonds. The molecule has 0 fully saturated rings. The number of imidazole rings is 1. The quantitative estimate of drug-likeness (QED) is 0.940. The van der Waals surface area contributed by atoms with Crippen molar-refractivity contribution in [2.24, 2.45) is 0 Å². The second-order valence-electron chi connectivity index (χ2n) is 3.77. The summed E-state index contributed by atoms with van der Waals surface area (Å²) in [7, 11) is 0. The summed E-state index contributed by atoms with van der Waals surface area (Å²) < 4.78 is 29.2. The molecule has 96 valence electrons. The third-order valence-corrected chi connectivity index (χ3v) is 2.89. The average Bonchev–Trinajstić information content (AvgIpc) is 2.73. The molecule has 2 aromatic rings. The van der Waals surface area contributed by atoms with Crippen LogP contribution >= 0.6 is 15.9 Å². The van der Waals surface area contributed by atoms with Gasteiger partial charge in [0.05, 0.1) is 12.0 Å². The monoisotopic (exact) mass is 315 g/mol. The van der Waals surface area contributed by atoms with Crippen LogP contribution < -0.4 is 5.32 Å². The fraction of sp³-hybridized carbons (Fsp3) is 0.250. The lowest BCUT2D eigenvalue weighted by Gasteiger charge is -2.06. The van der Waals surface area contributed by atoms with Crippen molar-refractivity contribution in [2.45, 2.75) is 13.5 Å². The first-order chi connectivity index (χ1) is 8.61. The minimum absolute atomic E-state index is 0.117. The van der Waals surface area contributed by atoms with Gasteiger partial charge in [0.15, 0.2) is 11.6 Å². The smallest absolute Gasteiger partial charge is 0.151 e. The van der Waals surface area contributed by atoms with Gasteiger partial charge in [-0.15, -0.1) is 0 Å². The van der Waals surface area contributed by atoms with Crippen molar-refractivity contribution in [3.05, 3.63) is 46.5 Å². The lowest BCUT2D eigenvalue weighted by Crippen LogP contribution is -2.11. The van der Waals surface area contributed by atoms with Crippen LogP contribution in [0.4, 0.5) is 8.78 Å². The van der Waals surface area contributed by atoms with Gasteiger partial charge in [-0.1, -0.05) is 22.9 Å². The van der Waals surface area contributed by atoms with Crippen LogP contribution in [0.5, 0.6) is 0 Å². The Bertz CT molecular complexity index is 531. The van der Waals surface area contributed by atoms with Crippen LogP contribution in [0.1, 0.15) is 12.6 Å². The van der Waals surface area contributed by atoms with E-state index in [4.69, 9.17) is 0 Å². The van der Waals surface area contributed by atoms with Gasteiger partial charge in [-0.3, -0.25) is 0 Å². The Morgan fingerprint density at radius 2 is 2.00 bits per heavy atom. The Balaban J connectivity index is 2.34. The zero-order chi connectivity index (χ0) is 13.1. The molecule has 0 unspecified atom stereocenters. The van der Waals surface area contributed by atoms with Crippen LogP contribution in [0.25, 0.3) is 5.69 Å². The summed E-state index contributed by atoms with van der Waals surface area (Å²) in [6.07, 6.45) is 3.01. The highest BCUT2D eigenvalue weighted by atomic mass is 79.9. The number of benzene rings is 1. The van der Waals surface area contributed by atoms with Gasteiger partial charge in [-0.05, 0) is 18.7 Å². The van der Waals surface area contributed by atoms with E-state index in [1.807, 2.05) is 6.92 Å². The number of nitrogens with one attached hydrogen (secondary N) is 1. The van der Waals surface area contributed by atoms with E-state index in [0.29, 0.717) is 11.0 Å². The molecular weight excluding hydrogens is 304 g/mol. The average molecular weight is 316 g/mol. The van der Waals surface area contributed by atoms with Gasteiger partial charge in [-0.25, -0.2) is 13.8 Å². The molecule has 1 aromatic carbocycles. The third-order valence-electron chi connectivity index (χ3n) is 2.43.